The number of rotatable bonds is 10. The number of benzene rings is 3. The zero-order valence-electron chi connectivity index (χ0n) is 18.9. The Bertz CT molecular complexity index is 1100. The van der Waals surface area contributed by atoms with Crippen molar-refractivity contribution in [3.05, 3.63) is 107 Å². The number of ketones is 1. The van der Waals surface area contributed by atoms with Crippen molar-refractivity contribution in [3.63, 3.8) is 0 Å². The normalized spacial score (nSPS) is 11.1. The number of carbonyl (C=O) groups is 2. The number of hydrogen-bond acceptors (Lipinski definition) is 6. The molecule has 3 aromatic rings. The first-order chi connectivity index (χ1) is 15.8. The summed E-state index contributed by atoms with van der Waals surface area (Å²) in [6.45, 7) is 2.62. The van der Waals surface area contributed by atoms with E-state index in [1.807, 2.05) is 47.4 Å². The SMILES string of the molecule is CN(C)NC(=O)c1cccc(CN(CC(=O)c2cccc([CH]N)c2)Cc2ccc(O)cc2)c1. The fraction of sp³-hybridized carbons (Fsp3) is 0.192. The van der Waals surface area contributed by atoms with E-state index < -0.39 is 0 Å². The zero-order chi connectivity index (χ0) is 23.8. The Morgan fingerprint density at radius 1 is 0.909 bits per heavy atom. The molecule has 1 amide bonds. The lowest BCUT2D eigenvalue weighted by Crippen LogP contribution is -2.36. The quantitative estimate of drug-likeness (QED) is 0.328. The Hall–Kier alpha value is -3.52. The van der Waals surface area contributed by atoms with Crippen LogP contribution in [-0.4, -0.2) is 47.3 Å². The average molecular weight is 446 g/mol. The number of nitrogens with zero attached hydrogens (tertiary/aromatic N) is 2. The number of phenolic OH excluding ortho intramolecular Hbond substituents is 1. The Morgan fingerprint density at radius 3 is 2.27 bits per heavy atom. The highest BCUT2D eigenvalue weighted by Crippen LogP contribution is 2.16. The molecule has 0 aromatic heterocycles. The first kappa shape index (κ1) is 24.1. The number of Topliss-reactive ketones (excluding diaryl/α,β-unsaturated/α-hetero) is 1. The summed E-state index contributed by atoms with van der Waals surface area (Å²) >= 11 is 0. The standard InChI is InChI=1S/C26H29N4O3/c1-29(2)28-26(33)23-8-4-6-21(14-23)17-30(16-19-9-11-24(31)12-10-19)18-25(32)22-7-3-5-20(13-22)15-27/h3-15,31H,16-18,27H2,1-2H3,(H,28,33). The van der Waals surface area contributed by atoms with Crippen molar-refractivity contribution in [2.45, 2.75) is 13.1 Å². The van der Waals surface area contributed by atoms with Crippen LogP contribution < -0.4 is 11.2 Å². The third-order valence-corrected chi connectivity index (χ3v) is 5.03. The van der Waals surface area contributed by atoms with E-state index in [1.54, 1.807) is 49.4 Å². The van der Waals surface area contributed by atoms with Gasteiger partial charge in [-0.05, 0) is 47.0 Å². The second kappa shape index (κ2) is 11.4. The lowest BCUT2D eigenvalue weighted by Gasteiger charge is -2.22. The van der Waals surface area contributed by atoms with Crippen LogP contribution >= 0.6 is 0 Å². The number of nitrogens with one attached hydrogen (secondary N) is 1. The van der Waals surface area contributed by atoms with Crippen molar-refractivity contribution in [3.8, 4) is 5.75 Å². The fourth-order valence-electron chi connectivity index (χ4n) is 3.47. The van der Waals surface area contributed by atoms with Crippen molar-refractivity contribution in [2.75, 3.05) is 20.6 Å². The van der Waals surface area contributed by atoms with Gasteiger partial charge in [-0.2, -0.15) is 0 Å². The number of phenols is 1. The zero-order valence-corrected chi connectivity index (χ0v) is 18.9. The summed E-state index contributed by atoms with van der Waals surface area (Å²) in [7, 11) is 3.51. The average Bonchev–Trinajstić information content (AvgIpc) is 2.80. The van der Waals surface area contributed by atoms with E-state index in [1.165, 1.54) is 6.54 Å². The van der Waals surface area contributed by atoms with Gasteiger partial charge in [0.15, 0.2) is 5.78 Å². The molecule has 0 fully saturated rings. The molecule has 0 heterocycles. The summed E-state index contributed by atoms with van der Waals surface area (Å²) in [5.41, 5.74) is 12.1. The van der Waals surface area contributed by atoms with Crippen LogP contribution in [0.1, 0.15) is 37.4 Å². The summed E-state index contributed by atoms with van der Waals surface area (Å²) < 4.78 is 0. The molecule has 0 aliphatic carbocycles. The van der Waals surface area contributed by atoms with Crippen molar-refractivity contribution in [1.29, 1.82) is 0 Å². The molecule has 171 valence electrons. The predicted octanol–water partition coefficient (Wildman–Crippen LogP) is 2.95. The van der Waals surface area contributed by atoms with Crippen molar-refractivity contribution in [2.24, 2.45) is 5.73 Å². The molecule has 7 nitrogen and oxygen atoms in total. The molecule has 3 rings (SSSR count). The van der Waals surface area contributed by atoms with E-state index in [9.17, 15) is 14.7 Å². The number of hydrogen-bond donors (Lipinski definition) is 3. The molecule has 0 bridgehead atoms. The van der Waals surface area contributed by atoms with Gasteiger partial charge < -0.3 is 10.8 Å². The molecular weight excluding hydrogens is 416 g/mol. The second-order valence-corrected chi connectivity index (χ2v) is 8.06. The predicted molar refractivity (Wildman–Crippen MR) is 128 cm³/mol. The largest absolute Gasteiger partial charge is 0.508 e. The lowest BCUT2D eigenvalue weighted by atomic mass is 10.1. The van der Waals surface area contributed by atoms with Crippen LogP contribution in [0.25, 0.3) is 0 Å². The van der Waals surface area contributed by atoms with Crippen molar-refractivity contribution in [1.82, 2.24) is 15.3 Å². The molecule has 7 heteroatoms. The third kappa shape index (κ3) is 7.25. The monoisotopic (exact) mass is 445 g/mol. The van der Waals surface area contributed by atoms with Gasteiger partial charge in [-0.1, -0.05) is 42.5 Å². The number of aromatic hydroxyl groups is 1. The third-order valence-electron chi connectivity index (χ3n) is 5.03. The van der Waals surface area contributed by atoms with Crippen LogP contribution in [0.4, 0.5) is 0 Å². The van der Waals surface area contributed by atoms with Crippen LogP contribution in [0.5, 0.6) is 5.75 Å². The molecule has 4 N–H and O–H groups in total. The lowest BCUT2D eigenvalue weighted by molar-refractivity contribution is 0.0854. The molecule has 0 unspecified atom stereocenters. The summed E-state index contributed by atoms with van der Waals surface area (Å²) in [4.78, 5) is 27.4. The van der Waals surface area contributed by atoms with Gasteiger partial charge in [-0.25, -0.2) is 5.01 Å². The van der Waals surface area contributed by atoms with Gasteiger partial charge in [0.25, 0.3) is 5.91 Å². The van der Waals surface area contributed by atoms with E-state index in [0.717, 1.165) is 16.7 Å². The van der Waals surface area contributed by atoms with Crippen molar-refractivity contribution < 1.29 is 14.7 Å². The van der Waals surface area contributed by atoms with Gasteiger partial charge >= 0.3 is 0 Å². The van der Waals surface area contributed by atoms with Crippen LogP contribution in [0, 0.1) is 6.54 Å². The summed E-state index contributed by atoms with van der Waals surface area (Å²) in [6.07, 6.45) is 0. The van der Waals surface area contributed by atoms with Crippen LogP contribution in [0.3, 0.4) is 0 Å². The molecule has 0 aliphatic rings. The van der Waals surface area contributed by atoms with E-state index in [2.05, 4.69) is 5.43 Å². The van der Waals surface area contributed by atoms with E-state index in [0.29, 0.717) is 24.2 Å². The Morgan fingerprint density at radius 2 is 1.58 bits per heavy atom. The molecule has 0 saturated heterocycles. The van der Waals surface area contributed by atoms with Gasteiger partial charge in [0.05, 0.1) is 6.54 Å². The molecule has 0 atom stereocenters. The maximum atomic E-state index is 13.0. The van der Waals surface area contributed by atoms with Crippen molar-refractivity contribution >= 4 is 11.7 Å². The maximum absolute atomic E-state index is 13.0. The Kier molecular flexibility index (Phi) is 8.32. The summed E-state index contributed by atoms with van der Waals surface area (Å²) in [5.74, 6) is -0.0346. The van der Waals surface area contributed by atoms with Crippen LogP contribution in [0.15, 0.2) is 72.8 Å². The molecule has 0 aliphatic heterocycles. The minimum Gasteiger partial charge on any atom is -0.508 e. The fourth-order valence-corrected chi connectivity index (χ4v) is 3.47. The maximum Gasteiger partial charge on any atom is 0.265 e. The highest BCUT2D eigenvalue weighted by Gasteiger charge is 2.16. The molecule has 33 heavy (non-hydrogen) atoms. The van der Waals surface area contributed by atoms with E-state index >= 15 is 0 Å². The van der Waals surface area contributed by atoms with Crippen LogP contribution in [0.2, 0.25) is 0 Å². The molecule has 3 aromatic carbocycles. The molecule has 0 spiro atoms. The van der Waals surface area contributed by atoms with Gasteiger partial charge in [-0.15, -0.1) is 0 Å². The molecular formula is C26H29N4O3. The highest BCUT2D eigenvalue weighted by atomic mass is 16.3. The Labute approximate surface area is 194 Å². The van der Waals surface area contributed by atoms with E-state index in [-0.39, 0.29) is 24.0 Å². The Balaban J connectivity index is 1.81. The minimum atomic E-state index is -0.196. The smallest absolute Gasteiger partial charge is 0.265 e. The second-order valence-electron chi connectivity index (χ2n) is 8.06. The number of hydrazine groups is 1. The van der Waals surface area contributed by atoms with E-state index in [4.69, 9.17) is 5.73 Å². The van der Waals surface area contributed by atoms with Gasteiger partial charge in [0, 0.05) is 44.9 Å². The highest BCUT2D eigenvalue weighted by molar-refractivity contribution is 5.97. The number of carbonyl (C=O) groups excluding carboxylic acids is 2. The molecule has 1 radical (unpaired) electrons. The molecule has 0 saturated carbocycles. The topological polar surface area (TPSA) is 98.9 Å². The van der Waals surface area contributed by atoms with Gasteiger partial charge in [-0.3, -0.25) is 19.9 Å². The minimum absolute atomic E-state index is 0.0287. The first-order valence-corrected chi connectivity index (χ1v) is 10.6. The first-order valence-electron chi connectivity index (χ1n) is 10.6. The number of amides is 1. The van der Waals surface area contributed by atoms with Crippen LogP contribution in [-0.2, 0) is 13.1 Å². The van der Waals surface area contributed by atoms with Gasteiger partial charge in [0.1, 0.15) is 5.75 Å². The summed E-state index contributed by atoms with van der Waals surface area (Å²) in [6, 6.07) is 21.5. The summed E-state index contributed by atoms with van der Waals surface area (Å²) in [5, 5.41) is 11.2. The number of nitrogens with two attached hydrogens (primary N) is 1. The van der Waals surface area contributed by atoms with Gasteiger partial charge in [0.2, 0.25) is 0 Å².